The maximum Gasteiger partial charge on any atom is 0.419 e. The van der Waals surface area contributed by atoms with Gasteiger partial charge >= 0.3 is 6.18 Å². The van der Waals surface area contributed by atoms with Crippen LogP contribution < -0.4 is 0 Å². The van der Waals surface area contributed by atoms with Crippen molar-refractivity contribution in [3.05, 3.63) is 34.6 Å². The molecule has 0 saturated heterocycles. The Balaban J connectivity index is 0.00000106. The van der Waals surface area contributed by atoms with Crippen LogP contribution in [0.1, 0.15) is 69.1 Å². The summed E-state index contributed by atoms with van der Waals surface area (Å²) in [7, 11) is 0. The number of rotatable bonds is 1. The van der Waals surface area contributed by atoms with Gasteiger partial charge in [-0.2, -0.15) is 13.2 Å². The van der Waals surface area contributed by atoms with Gasteiger partial charge < -0.3 is 0 Å². The Morgan fingerprint density at radius 1 is 1.00 bits per heavy atom. The second-order valence-electron chi connectivity index (χ2n) is 5.62. The molecular weight excluding hydrogens is 280 g/mol. The van der Waals surface area contributed by atoms with E-state index in [1.807, 2.05) is 13.8 Å². The minimum Gasteiger partial charge on any atom is -0.206 e. The Kier molecular flexibility index (Phi) is 6.24. The van der Waals surface area contributed by atoms with Crippen molar-refractivity contribution in [2.24, 2.45) is 5.92 Å². The number of benzene rings is 1. The van der Waals surface area contributed by atoms with Gasteiger partial charge in [0.15, 0.2) is 0 Å². The molecule has 2 rings (SSSR count). The first-order chi connectivity index (χ1) is 9.80. The van der Waals surface area contributed by atoms with Crippen LogP contribution in [0, 0.1) is 18.7 Å². The Hall–Kier alpha value is -1.06. The predicted molar refractivity (Wildman–Crippen MR) is 77.9 cm³/mol. The van der Waals surface area contributed by atoms with Crippen molar-refractivity contribution in [1.29, 1.82) is 0 Å². The molecule has 0 N–H and O–H groups in total. The summed E-state index contributed by atoms with van der Waals surface area (Å²) in [6, 6.07) is 2.92. The van der Waals surface area contributed by atoms with Crippen molar-refractivity contribution in [3.63, 3.8) is 0 Å². The third-order valence-electron chi connectivity index (χ3n) is 4.11. The van der Waals surface area contributed by atoms with E-state index in [1.165, 1.54) is 19.1 Å². The van der Waals surface area contributed by atoms with E-state index in [9.17, 15) is 17.6 Å². The summed E-state index contributed by atoms with van der Waals surface area (Å²) in [4.78, 5) is 0. The first kappa shape index (κ1) is 18.0. The smallest absolute Gasteiger partial charge is 0.206 e. The molecule has 1 aliphatic rings. The molecule has 21 heavy (non-hydrogen) atoms. The lowest BCUT2D eigenvalue weighted by Crippen LogP contribution is -2.18. The van der Waals surface area contributed by atoms with Gasteiger partial charge in [-0.1, -0.05) is 45.7 Å². The summed E-state index contributed by atoms with van der Waals surface area (Å²) >= 11 is 0. The molecular formula is C17H24F4. The van der Waals surface area contributed by atoms with E-state index in [0.29, 0.717) is 18.8 Å². The van der Waals surface area contributed by atoms with E-state index in [2.05, 4.69) is 6.92 Å². The second-order valence-corrected chi connectivity index (χ2v) is 5.62. The van der Waals surface area contributed by atoms with Crippen molar-refractivity contribution < 1.29 is 17.6 Å². The summed E-state index contributed by atoms with van der Waals surface area (Å²) in [5, 5.41) is 0. The SMILES string of the molecule is CC.Cc1ccc(C2CCC(C)CC2)c(C(F)(F)F)c1F. The van der Waals surface area contributed by atoms with Gasteiger partial charge in [0.25, 0.3) is 0 Å². The van der Waals surface area contributed by atoms with E-state index < -0.39 is 17.6 Å². The van der Waals surface area contributed by atoms with Gasteiger partial charge in [-0.3, -0.25) is 0 Å². The Morgan fingerprint density at radius 2 is 1.52 bits per heavy atom. The molecule has 4 heteroatoms. The molecule has 1 aliphatic carbocycles. The molecule has 0 amide bonds. The molecule has 1 aromatic rings. The largest absolute Gasteiger partial charge is 0.419 e. The Morgan fingerprint density at radius 3 is 2.00 bits per heavy atom. The normalized spacial score (nSPS) is 22.5. The average molecular weight is 304 g/mol. The van der Waals surface area contributed by atoms with E-state index in [1.54, 1.807) is 0 Å². The molecule has 0 heterocycles. The highest BCUT2D eigenvalue weighted by Gasteiger charge is 2.39. The van der Waals surface area contributed by atoms with Crippen molar-refractivity contribution in [3.8, 4) is 0 Å². The molecule has 1 saturated carbocycles. The van der Waals surface area contributed by atoms with Gasteiger partial charge in [-0.25, -0.2) is 4.39 Å². The average Bonchev–Trinajstić information content (AvgIpc) is 2.43. The molecule has 0 atom stereocenters. The maximum absolute atomic E-state index is 13.9. The molecule has 0 spiro atoms. The zero-order valence-corrected chi connectivity index (χ0v) is 13.1. The van der Waals surface area contributed by atoms with E-state index in [0.717, 1.165) is 12.8 Å². The zero-order valence-electron chi connectivity index (χ0n) is 13.1. The summed E-state index contributed by atoms with van der Waals surface area (Å²) in [5.74, 6) is -0.715. The fourth-order valence-electron chi connectivity index (χ4n) is 2.89. The standard InChI is InChI=1S/C15H18F4.C2H6/c1-9-3-6-11(7-4-9)12-8-5-10(2)14(16)13(12)15(17,18)19;1-2/h5,8-9,11H,3-4,6-7H2,1-2H3;1-2H3. The fraction of sp³-hybridized carbons (Fsp3) is 0.647. The molecule has 0 aliphatic heterocycles. The van der Waals surface area contributed by atoms with Crippen molar-refractivity contribution in [2.75, 3.05) is 0 Å². The van der Waals surface area contributed by atoms with Crippen molar-refractivity contribution in [2.45, 2.75) is 65.5 Å². The van der Waals surface area contributed by atoms with Crippen molar-refractivity contribution >= 4 is 0 Å². The number of halogens is 4. The minimum absolute atomic E-state index is 0.0558. The lowest BCUT2D eigenvalue weighted by atomic mass is 9.77. The van der Waals surface area contributed by atoms with Gasteiger partial charge in [0.1, 0.15) is 5.82 Å². The van der Waals surface area contributed by atoms with Crippen LogP contribution in [0.3, 0.4) is 0 Å². The van der Waals surface area contributed by atoms with E-state index >= 15 is 0 Å². The monoisotopic (exact) mass is 304 g/mol. The maximum atomic E-state index is 13.9. The lowest BCUT2D eigenvalue weighted by Gasteiger charge is -2.29. The zero-order chi connectivity index (χ0) is 16.2. The highest BCUT2D eigenvalue weighted by molar-refractivity contribution is 5.38. The van der Waals surface area contributed by atoms with Crippen molar-refractivity contribution in [1.82, 2.24) is 0 Å². The van der Waals surface area contributed by atoms with Crippen LogP contribution in [0.4, 0.5) is 17.6 Å². The molecule has 120 valence electrons. The summed E-state index contributed by atoms with van der Waals surface area (Å²) in [5.41, 5.74) is -0.852. The van der Waals surface area contributed by atoms with Gasteiger partial charge in [-0.05, 0) is 42.7 Å². The van der Waals surface area contributed by atoms with E-state index in [-0.39, 0.29) is 17.0 Å². The van der Waals surface area contributed by atoms with Crippen LogP contribution in [0.2, 0.25) is 0 Å². The summed E-state index contributed by atoms with van der Waals surface area (Å²) < 4.78 is 53.1. The first-order valence-electron chi connectivity index (χ1n) is 7.67. The van der Waals surface area contributed by atoms with Gasteiger partial charge in [0, 0.05) is 0 Å². The molecule has 0 nitrogen and oxygen atoms in total. The van der Waals surface area contributed by atoms with Crippen LogP contribution in [0.25, 0.3) is 0 Å². The Labute approximate surface area is 124 Å². The first-order valence-corrected chi connectivity index (χ1v) is 7.67. The van der Waals surface area contributed by atoms with Crippen LogP contribution in [-0.2, 0) is 6.18 Å². The van der Waals surface area contributed by atoms with Crippen LogP contribution in [0.15, 0.2) is 12.1 Å². The van der Waals surface area contributed by atoms with Crippen LogP contribution >= 0.6 is 0 Å². The summed E-state index contributed by atoms with van der Waals surface area (Å²) in [6.07, 6.45) is -1.36. The fourth-order valence-corrected chi connectivity index (χ4v) is 2.89. The highest BCUT2D eigenvalue weighted by Crippen LogP contribution is 2.43. The lowest BCUT2D eigenvalue weighted by molar-refractivity contribution is -0.141. The quantitative estimate of drug-likeness (QED) is 0.521. The third kappa shape index (κ3) is 4.21. The molecule has 0 bridgehead atoms. The molecule has 0 aromatic heterocycles. The van der Waals surface area contributed by atoms with Crippen LogP contribution in [-0.4, -0.2) is 0 Å². The number of hydrogen-bond donors (Lipinski definition) is 0. The van der Waals surface area contributed by atoms with Gasteiger partial charge in [-0.15, -0.1) is 0 Å². The Bertz CT molecular complexity index is 455. The topological polar surface area (TPSA) is 0 Å². The summed E-state index contributed by atoms with van der Waals surface area (Å²) in [6.45, 7) is 7.48. The predicted octanol–water partition coefficient (Wildman–Crippen LogP) is 6.47. The van der Waals surface area contributed by atoms with E-state index in [4.69, 9.17) is 0 Å². The highest BCUT2D eigenvalue weighted by atomic mass is 19.4. The number of alkyl halides is 3. The second kappa shape index (κ2) is 7.28. The molecule has 0 unspecified atom stereocenters. The molecule has 0 radical (unpaired) electrons. The number of hydrogen-bond acceptors (Lipinski definition) is 0. The third-order valence-corrected chi connectivity index (χ3v) is 4.11. The minimum atomic E-state index is -4.62. The molecule has 1 aromatic carbocycles. The van der Waals surface area contributed by atoms with Gasteiger partial charge in [0.05, 0.1) is 5.56 Å². The molecule has 1 fully saturated rings. The van der Waals surface area contributed by atoms with Crippen LogP contribution in [0.5, 0.6) is 0 Å². The van der Waals surface area contributed by atoms with Gasteiger partial charge in [0.2, 0.25) is 0 Å². The number of aryl methyl sites for hydroxylation is 1.